The summed E-state index contributed by atoms with van der Waals surface area (Å²) in [6.45, 7) is 1.51. The Labute approximate surface area is 164 Å². The van der Waals surface area contributed by atoms with Crippen LogP contribution in [-0.2, 0) is 5.54 Å². The number of aliphatic hydroxyl groups excluding tert-OH is 1. The average Bonchev–Trinajstić information content (AvgIpc) is 2.74. The summed E-state index contributed by atoms with van der Waals surface area (Å²) >= 11 is 0. The van der Waals surface area contributed by atoms with Gasteiger partial charge < -0.3 is 15.3 Å². The smallest absolute Gasteiger partial charge is 0.193 e. The molecule has 0 fully saturated rings. The average molecular weight is 378 g/mol. The van der Waals surface area contributed by atoms with Gasteiger partial charge in [0.05, 0.1) is 5.54 Å². The zero-order valence-corrected chi connectivity index (χ0v) is 15.9. The molecule has 0 spiro atoms. The van der Waals surface area contributed by atoms with Crippen molar-refractivity contribution in [1.29, 1.82) is 5.41 Å². The Morgan fingerprint density at radius 2 is 1.79 bits per heavy atom. The summed E-state index contributed by atoms with van der Waals surface area (Å²) in [6.07, 6.45) is 3.39. The van der Waals surface area contributed by atoms with E-state index in [1.807, 2.05) is 49.4 Å². The second kappa shape index (κ2) is 8.19. The van der Waals surface area contributed by atoms with E-state index in [-0.39, 0.29) is 18.5 Å². The highest BCUT2D eigenvalue weighted by molar-refractivity contribution is 5.78. The van der Waals surface area contributed by atoms with Crippen LogP contribution in [0.15, 0.2) is 73.1 Å². The van der Waals surface area contributed by atoms with E-state index in [0.29, 0.717) is 5.56 Å². The van der Waals surface area contributed by atoms with Crippen molar-refractivity contribution in [1.82, 2.24) is 15.2 Å². The predicted molar refractivity (Wildman–Crippen MR) is 108 cm³/mol. The number of hydrogen-bond donors (Lipinski definition) is 3. The van der Waals surface area contributed by atoms with Gasteiger partial charge in [0, 0.05) is 25.0 Å². The lowest BCUT2D eigenvalue weighted by molar-refractivity contribution is 0.184. The van der Waals surface area contributed by atoms with Gasteiger partial charge in [0.2, 0.25) is 0 Å². The lowest BCUT2D eigenvalue weighted by Gasteiger charge is -2.35. The zero-order valence-electron chi connectivity index (χ0n) is 15.9. The molecule has 5 nitrogen and oxygen atoms in total. The minimum absolute atomic E-state index is 0.0115. The van der Waals surface area contributed by atoms with Crippen LogP contribution in [0.25, 0.3) is 11.1 Å². The fourth-order valence-corrected chi connectivity index (χ4v) is 3.10. The van der Waals surface area contributed by atoms with Gasteiger partial charge in [0.1, 0.15) is 12.5 Å². The minimum atomic E-state index is -1.02. The molecule has 3 N–H and O–H groups in total. The SMILES string of the molecule is CN(CO)C(=N)NC(C)(c1ccccc1)c1cc(-c2ccncc2)ccc1F. The Morgan fingerprint density at radius 3 is 2.43 bits per heavy atom. The quantitative estimate of drug-likeness (QED) is 0.361. The van der Waals surface area contributed by atoms with Crippen LogP contribution in [-0.4, -0.2) is 34.7 Å². The van der Waals surface area contributed by atoms with Crippen molar-refractivity contribution in [3.8, 4) is 11.1 Å². The Kier molecular flexibility index (Phi) is 5.70. The van der Waals surface area contributed by atoms with Gasteiger partial charge in [-0.05, 0) is 47.9 Å². The van der Waals surface area contributed by atoms with Crippen LogP contribution in [0.5, 0.6) is 0 Å². The van der Waals surface area contributed by atoms with Crippen LogP contribution in [0.2, 0.25) is 0 Å². The van der Waals surface area contributed by atoms with Crippen molar-refractivity contribution in [3.05, 3.63) is 90.0 Å². The van der Waals surface area contributed by atoms with Crippen LogP contribution in [0.1, 0.15) is 18.1 Å². The summed E-state index contributed by atoms with van der Waals surface area (Å²) in [6, 6.07) is 18.1. The van der Waals surface area contributed by atoms with Crippen molar-refractivity contribution in [2.75, 3.05) is 13.8 Å². The maximum Gasteiger partial charge on any atom is 0.193 e. The number of nitrogens with zero attached hydrogens (tertiary/aromatic N) is 2. The fraction of sp³-hybridized carbons (Fsp3) is 0.182. The Balaban J connectivity index is 2.14. The lowest BCUT2D eigenvalue weighted by Crippen LogP contribution is -2.50. The summed E-state index contributed by atoms with van der Waals surface area (Å²) in [5.74, 6) is -0.390. The molecule has 1 aromatic heterocycles. The first kappa shape index (κ1) is 19.5. The highest BCUT2D eigenvalue weighted by Gasteiger charge is 2.33. The van der Waals surface area contributed by atoms with E-state index in [2.05, 4.69) is 10.3 Å². The van der Waals surface area contributed by atoms with Crippen LogP contribution in [0.4, 0.5) is 4.39 Å². The first-order chi connectivity index (χ1) is 13.5. The maximum absolute atomic E-state index is 15.0. The number of hydrogen-bond acceptors (Lipinski definition) is 3. The second-order valence-electron chi connectivity index (χ2n) is 6.73. The highest BCUT2D eigenvalue weighted by atomic mass is 19.1. The molecule has 0 radical (unpaired) electrons. The zero-order chi connectivity index (χ0) is 20.1. The molecule has 0 saturated heterocycles. The summed E-state index contributed by atoms with van der Waals surface area (Å²) in [5, 5.41) is 20.7. The molecule has 3 aromatic rings. The summed E-state index contributed by atoms with van der Waals surface area (Å²) < 4.78 is 15.0. The molecular weight excluding hydrogens is 355 g/mol. The molecule has 1 unspecified atom stereocenters. The molecule has 0 aliphatic carbocycles. The van der Waals surface area contributed by atoms with Crippen molar-refractivity contribution >= 4 is 5.96 Å². The van der Waals surface area contributed by atoms with Gasteiger partial charge in [-0.25, -0.2) is 4.39 Å². The molecule has 1 heterocycles. The minimum Gasteiger partial charge on any atom is -0.376 e. The number of aromatic nitrogens is 1. The molecule has 0 saturated carbocycles. The molecule has 28 heavy (non-hydrogen) atoms. The number of guanidine groups is 1. The van der Waals surface area contributed by atoms with E-state index < -0.39 is 5.54 Å². The van der Waals surface area contributed by atoms with E-state index >= 15 is 4.39 Å². The van der Waals surface area contributed by atoms with Crippen LogP contribution < -0.4 is 5.32 Å². The number of aliphatic hydroxyl groups is 1. The molecule has 0 aliphatic rings. The summed E-state index contributed by atoms with van der Waals surface area (Å²) in [4.78, 5) is 5.37. The molecule has 3 rings (SSSR count). The number of pyridine rings is 1. The van der Waals surface area contributed by atoms with Crippen LogP contribution in [0, 0.1) is 11.2 Å². The predicted octanol–water partition coefficient (Wildman–Crippen LogP) is 3.56. The topological polar surface area (TPSA) is 72.2 Å². The molecule has 2 aromatic carbocycles. The van der Waals surface area contributed by atoms with Gasteiger partial charge >= 0.3 is 0 Å². The third kappa shape index (κ3) is 3.87. The van der Waals surface area contributed by atoms with Crippen molar-refractivity contribution in [2.24, 2.45) is 0 Å². The third-order valence-corrected chi connectivity index (χ3v) is 4.83. The van der Waals surface area contributed by atoms with Gasteiger partial charge in [0.15, 0.2) is 5.96 Å². The van der Waals surface area contributed by atoms with E-state index in [0.717, 1.165) is 16.7 Å². The Bertz CT molecular complexity index is 949. The van der Waals surface area contributed by atoms with Crippen LogP contribution in [0.3, 0.4) is 0 Å². The van der Waals surface area contributed by atoms with Gasteiger partial charge in [-0.3, -0.25) is 10.4 Å². The van der Waals surface area contributed by atoms with Crippen LogP contribution >= 0.6 is 0 Å². The van der Waals surface area contributed by atoms with E-state index in [1.54, 1.807) is 31.6 Å². The number of halogens is 1. The Morgan fingerprint density at radius 1 is 1.11 bits per heavy atom. The van der Waals surface area contributed by atoms with E-state index in [1.165, 1.54) is 11.0 Å². The molecule has 0 bridgehead atoms. The summed E-state index contributed by atoms with van der Waals surface area (Å²) in [5.41, 5.74) is 1.97. The lowest BCUT2D eigenvalue weighted by atomic mass is 9.83. The molecular formula is C22H23FN4O. The number of nitrogens with one attached hydrogen (secondary N) is 2. The van der Waals surface area contributed by atoms with Gasteiger partial charge in [-0.2, -0.15) is 0 Å². The van der Waals surface area contributed by atoms with Crippen molar-refractivity contribution < 1.29 is 9.50 Å². The number of rotatable bonds is 5. The van der Waals surface area contributed by atoms with Gasteiger partial charge in [-0.15, -0.1) is 0 Å². The molecule has 1 atom stereocenters. The largest absolute Gasteiger partial charge is 0.376 e. The maximum atomic E-state index is 15.0. The molecule has 0 amide bonds. The third-order valence-electron chi connectivity index (χ3n) is 4.83. The molecule has 0 aliphatic heterocycles. The first-order valence-corrected chi connectivity index (χ1v) is 8.90. The van der Waals surface area contributed by atoms with Gasteiger partial charge in [-0.1, -0.05) is 36.4 Å². The van der Waals surface area contributed by atoms with Crippen molar-refractivity contribution in [3.63, 3.8) is 0 Å². The standard InChI is InChI=1S/C22H23FN4O/c1-22(18-6-4-3-5-7-18,26-21(24)27(2)15-28)19-14-17(8-9-20(19)23)16-10-12-25-13-11-16/h3-14,28H,15H2,1-2H3,(H2,24,26). The fourth-order valence-electron chi connectivity index (χ4n) is 3.10. The molecule has 144 valence electrons. The monoisotopic (exact) mass is 378 g/mol. The summed E-state index contributed by atoms with van der Waals surface area (Å²) in [7, 11) is 1.59. The van der Waals surface area contributed by atoms with Gasteiger partial charge in [0.25, 0.3) is 0 Å². The van der Waals surface area contributed by atoms with E-state index in [9.17, 15) is 5.11 Å². The normalized spacial score (nSPS) is 12.9. The highest BCUT2D eigenvalue weighted by Crippen LogP contribution is 2.34. The second-order valence-corrected chi connectivity index (χ2v) is 6.73. The number of benzene rings is 2. The first-order valence-electron chi connectivity index (χ1n) is 8.90. The van der Waals surface area contributed by atoms with E-state index in [4.69, 9.17) is 5.41 Å². The molecule has 6 heteroatoms. The Hall–Kier alpha value is -3.25. The van der Waals surface area contributed by atoms with Crippen molar-refractivity contribution in [2.45, 2.75) is 12.5 Å².